The summed E-state index contributed by atoms with van der Waals surface area (Å²) in [6, 6.07) is 0. The van der Waals surface area contributed by atoms with E-state index < -0.39 is 6.23 Å². The average molecular weight is 223 g/mol. The molecule has 0 spiro atoms. The molecule has 1 aromatic heterocycles. The number of hydrogen-bond acceptors (Lipinski definition) is 3. The van der Waals surface area contributed by atoms with Gasteiger partial charge >= 0.3 is 0 Å². The van der Waals surface area contributed by atoms with Crippen LogP contribution in [0.4, 0.5) is 0 Å². The third-order valence-electron chi connectivity index (χ3n) is 2.99. The van der Waals surface area contributed by atoms with Crippen molar-refractivity contribution in [3.63, 3.8) is 0 Å². The van der Waals surface area contributed by atoms with E-state index >= 15 is 0 Å². The Morgan fingerprint density at radius 1 is 1.69 bits per heavy atom. The highest BCUT2D eigenvalue weighted by atomic mass is 16.3. The van der Waals surface area contributed by atoms with Gasteiger partial charge in [0, 0.05) is 31.3 Å². The summed E-state index contributed by atoms with van der Waals surface area (Å²) < 4.78 is 0. The number of carbonyl (C=O) groups excluding carboxylic acids is 1. The monoisotopic (exact) mass is 223 g/mol. The molecule has 0 bridgehead atoms. The number of rotatable bonds is 3. The van der Waals surface area contributed by atoms with Gasteiger partial charge in [0.1, 0.15) is 6.23 Å². The third kappa shape index (κ3) is 2.41. The first-order valence-electron chi connectivity index (χ1n) is 5.61. The summed E-state index contributed by atoms with van der Waals surface area (Å²) in [4.78, 5) is 20.2. The van der Waals surface area contributed by atoms with Gasteiger partial charge in [-0.05, 0) is 12.3 Å². The average Bonchev–Trinajstić information content (AvgIpc) is 2.68. The van der Waals surface area contributed by atoms with E-state index in [9.17, 15) is 9.90 Å². The lowest BCUT2D eigenvalue weighted by atomic mass is 9.97. The molecule has 0 saturated carbocycles. The van der Waals surface area contributed by atoms with Gasteiger partial charge in [0.15, 0.2) is 0 Å². The summed E-state index contributed by atoms with van der Waals surface area (Å²) in [7, 11) is 0. The maximum Gasteiger partial charge on any atom is 0.224 e. The molecule has 2 rings (SSSR count). The highest BCUT2D eigenvalue weighted by molar-refractivity contribution is 5.77. The lowest BCUT2D eigenvalue weighted by Gasteiger charge is -2.34. The second-order valence-electron chi connectivity index (χ2n) is 4.44. The molecule has 5 heteroatoms. The molecule has 0 radical (unpaired) electrons. The molecule has 5 nitrogen and oxygen atoms in total. The molecule has 0 aliphatic carbocycles. The first kappa shape index (κ1) is 11.1. The van der Waals surface area contributed by atoms with Crippen LogP contribution in [0, 0.1) is 5.92 Å². The van der Waals surface area contributed by atoms with Gasteiger partial charge in [-0.1, -0.05) is 6.92 Å². The van der Waals surface area contributed by atoms with Crippen molar-refractivity contribution < 1.29 is 9.90 Å². The molecule has 2 unspecified atom stereocenters. The lowest BCUT2D eigenvalue weighted by Crippen LogP contribution is -2.46. The predicted octanol–water partition coefficient (Wildman–Crippen LogP) is 0.529. The smallest absolute Gasteiger partial charge is 0.224 e. The van der Waals surface area contributed by atoms with Gasteiger partial charge in [-0.25, -0.2) is 4.98 Å². The molecule has 16 heavy (non-hydrogen) atoms. The molecular weight excluding hydrogens is 206 g/mol. The van der Waals surface area contributed by atoms with Gasteiger partial charge < -0.3 is 15.0 Å². The largest absolute Gasteiger partial charge is 0.374 e. The molecule has 1 aliphatic heterocycles. The summed E-state index contributed by atoms with van der Waals surface area (Å²) in [5.74, 6) is 0.330. The standard InChI is InChI=1S/C11H17N3O2/c1-8-4-10(15)14(11(16)5-8)3-2-9-6-12-7-13-9/h6-8,10,15H,2-5H2,1H3,(H,12,13). The van der Waals surface area contributed by atoms with E-state index in [-0.39, 0.29) is 11.8 Å². The Kier molecular flexibility index (Phi) is 3.24. The maximum absolute atomic E-state index is 11.7. The minimum absolute atomic E-state index is 0.0470. The molecule has 88 valence electrons. The number of aliphatic hydroxyl groups excluding tert-OH is 1. The zero-order valence-electron chi connectivity index (χ0n) is 9.39. The van der Waals surface area contributed by atoms with Crippen molar-refractivity contribution in [1.82, 2.24) is 14.9 Å². The quantitative estimate of drug-likeness (QED) is 0.785. The van der Waals surface area contributed by atoms with Crippen molar-refractivity contribution in [2.24, 2.45) is 5.92 Å². The Morgan fingerprint density at radius 2 is 2.50 bits per heavy atom. The van der Waals surface area contributed by atoms with Crippen molar-refractivity contribution in [1.29, 1.82) is 0 Å². The molecule has 1 saturated heterocycles. The Hall–Kier alpha value is -1.36. The molecule has 1 aliphatic rings. The number of piperidine rings is 1. The number of amides is 1. The van der Waals surface area contributed by atoms with Crippen LogP contribution in [0.25, 0.3) is 0 Å². The number of likely N-dealkylation sites (tertiary alicyclic amines) is 1. The number of aliphatic hydroxyl groups is 1. The molecule has 1 amide bonds. The second-order valence-corrected chi connectivity index (χ2v) is 4.44. The molecule has 0 aromatic carbocycles. The van der Waals surface area contributed by atoms with Gasteiger partial charge in [0.25, 0.3) is 0 Å². The van der Waals surface area contributed by atoms with Crippen LogP contribution in [-0.2, 0) is 11.2 Å². The number of nitrogens with zero attached hydrogens (tertiary/aromatic N) is 2. The zero-order valence-corrected chi connectivity index (χ0v) is 9.39. The van der Waals surface area contributed by atoms with Crippen LogP contribution >= 0.6 is 0 Å². The fourth-order valence-corrected chi connectivity index (χ4v) is 2.09. The lowest BCUT2D eigenvalue weighted by molar-refractivity contribution is -0.149. The summed E-state index contributed by atoms with van der Waals surface area (Å²) in [5.41, 5.74) is 0.985. The van der Waals surface area contributed by atoms with E-state index in [0.717, 1.165) is 5.69 Å². The number of hydrogen-bond donors (Lipinski definition) is 2. The van der Waals surface area contributed by atoms with Crippen LogP contribution in [-0.4, -0.2) is 38.7 Å². The van der Waals surface area contributed by atoms with Crippen molar-refractivity contribution >= 4 is 5.91 Å². The van der Waals surface area contributed by atoms with Gasteiger partial charge in [-0.2, -0.15) is 0 Å². The number of carbonyl (C=O) groups is 1. The van der Waals surface area contributed by atoms with Gasteiger partial charge in [0.05, 0.1) is 6.33 Å². The molecule has 1 fully saturated rings. The molecular formula is C11H17N3O2. The molecule has 2 N–H and O–H groups in total. The normalized spacial score (nSPS) is 26.1. The second kappa shape index (κ2) is 4.65. The first-order valence-corrected chi connectivity index (χ1v) is 5.61. The summed E-state index contributed by atoms with van der Waals surface area (Å²) >= 11 is 0. The number of aromatic nitrogens is 2. The van der Waals surface area contributed by atoms with Crippen LogP contribution in [0.2, 0.25) is 0 Å². The number of nitrogens with one attached hydrogen (secondary N) is 1. The Balaban J connectivity index is 1.91. The highest BCUT2D eigenvalue weighted by Crippen LogP contribution is 2.21. The van der Waals surface area contributed by atoms with Crippen molar-refractivity contribution in [2.75, 3.05) is 6.54 Å². The third-order valence-corrected chi connectivity index (χ3v) is 2.99. The molecule has 1 aromatic rings. The van der Waals surface area contributed by atoms with E-state index in [2.05, 4.69) is 9.97 Å². The SMILES string of the molecule is CC1CC(=O)N(CCc2cnc[nH]2)C(O)C1. The number of imidazole rings is 1. The van der Waals surface area contributed by atoms with E-state index in [1.807, 2.05) is 6.92 Å². The summed E-state index contributed by atoms with van der Waals surface area (Å²) in [6.45, 7) is 2.54. The Morgan fingerprint density at radius 3 is 3.12 bits per heavy atom. The van der Waals surface area contributed by atoms with E-state index in [1.165, 1.54) is 0 Å². The van der Waals surface area contributed by atoms with E-state index in [1.54, 1.807) is 17.4 Å². The minimum atomic E-state index is -0.626. The van der Waals surface area contributed by atoms with Crippen LogP contribution in [0.15, 0.2) is 12.5 Å². The van der Waals surface area contributed by atoms with Crippen molar-refractivity contribution in [3.8, 4) is 0 Å². The zero-order chi connectivity index (χ0) is 11.5. The van der Waals surface area contributed by atoms with Gasteiger partial charge in [-0.15, -0.1) is 0 Å². The summed E-state index contributed by atoms with van der Waals surface area (Å²) in [6.07, 6.45) is 4.65. The van der Waals surface area contributed by atoms with Crippen LogP contribution in [0.1, 0.15) is 25.5 Å². The van der Waals surface area contributed by atoms with Gasteiger partial charge in [-0.3, -0.25) is 4.79 Å². The van der Waals surface area contributed by atoms with Crippen molar-refractivity contribution in [2.45, 2.75) is 32.4 Å². The fourth-order valence-electron chi connectivity index (χ4n) is 2.09. The topological polar surface area (TPSA) is 69.2 Å². The van der Waals surface area contributed by atoms with Crippen LogP contribution < -0.4 is 0 Å². The molecule has 2 atom stereocenters. The Bertz CT molecular complexity index is 350. The van der Waals surface area contributed by atoms with E-state index in [4.69, 9.17) is 0 Å². The summed E-state index contributed by atoms with van der Waals surface area (Å²) in [5, 5.41) is 9.82. The predicted molar refractivity (Wildman–Crippen MR) is 58.4 cm³/mol. The fraction of sp³-hybridized carbons (Fsp3) is 0.636. The highest BCUT2D eigenvalue weighted by Gasteiger charge is 2.29. The number of H-pyrrole nitrogens is 1. The number of aromatic amines is 1. The molecule has 2 heterocycles. The first-order chi connectivity index (χ1) is 7.66. The van der Waals surface area contributed by atoms with E-state index in [0.29, 0.717) is 25.8 Å². The van der Waals surface area contributed by atoms with Gasteiger partial charge in [0.2, 0.25) is 5.91 Å². The Labute approximate surface area is 94.5 Å². The maximum atomic E-state index is 11.7. The van der Waals surface area contributed by atoms with Crippen LogP contribution in [0.5, 0.6) is 0 Å². The minimum Gasteiger partial charge on any atom is -0.374 e. The van der Waals surface area contributed by atoms with Crippen LogP contribution in [0.3, 0.4) is 0 Å². The van der Waals surface area contributed by atoms with Crippen molar-refractivity contribution in [3.05, 3.63) is 18.2 Å².